The molecule has 1 saturated carbocycles. The zero-order chi connectivity index (χ0) is 10.6. The summed E-state index contributed by atoms with van der Waals surface area (Å²) >= 11 is 0. The van der Waals surface area contributed by atoms with E-state index in [0.29, 0.717) is 0 Å². The lowest BCUT2D eigenvalue weighted by Gasteiger charge is -2.22. The van der Waals surface area contributed by atoms with Gasteiger partial charge in [0.25, 0.3) is 0 Å². The molecule has 0 aromatic rings. The predicted octanol–water partition coefficient (Wildman–Crippen LogP) is 1.94. The van der Waals surface area contributed by atoms with Gasteiger partial charge in [0.15, 0.2) is 0 Å². The van der Waals surface area contributed by atoms with E-state index in [2.05, 4.69) is 13.0 Å². The number of rotatable bonds is 5. The van der Waals surface area contributed by atoms with Gasteiger partial charge in [-0.2, -0.15) is 5.26 Å². The average Bonchev–Trinajstić information content (AvgIpc) is 2.99. The van der Waals surface area contributed by atoms with Crippen LogP contribution in [0.3, 0.4) is 0 Å². The first-order valence-electron chi connectivity index (χ1n) is 5.41. The standard InChI is InChI=1S/C11H18N2O/c1-3-5-8-13(4-2)10(14)11(9-12)6-7-11/h3-8H2,1-2H3. The summed E-state index contributed by atoms with van der Waals surface area (Å²) in [7, 11) is 0. The Morgan fingerprint density at radius 3 is 2.50 bits per heavy atom. The molecular weight excluding hydrogens is 176 g/mol. The highest BCUT2D eigenvalue weighted by Gasteiger charge is 2.52. The Hall–Kier alpha value is -1.04. The van der Waals surface area contributed by atoms with E-state index >= 15 is 0 Å². The molecule has 0 unspecified atom stereocenters. The van der Waals surface area contributed by atoms with E-state index in [1.54, 1.807) is 0 Å². The smallest absolute Gasteiger partial charge is 0.243 e. The first-order chi connectivity index (χ1) is 6.70. The molecule has 0 atom stereocenters. The normalized spacial score (nSPS) is 17.2. The maximum Gasteiger partial charge on any atom is 0.243 e. The van der Waals surface area contributed by atoms with E-state index in [9.17, 15) is 4.79 Å². The van der Waals surface area contributed by atoms with Gasteiger partial charge in [-0.3, -0.25) is 4.79 Å². The Balaban J connectivity index is 2.53. The van der Waals surface area contributed by atoms with Crippen LogP contribution in [0.5, 0.6) is 0 Å². The van der Waals surface area contributed by atoms with Gasteiger partial charge in [0.1, 0.15) is 5.41 Å². The van der Waals surface area contributed by atoms with Crippen LogP contribution in [0.4, 0.5) is 0 Å². The van der Waals surface area contributed by atoms with Gasteiger partial charge in [0.05, 0.1) is 6.07 Å². The molecule has 0 aromatic carbocycles. The van der Waals surface area contributed by atoms with Crippen LogP contribution in [0.25, 0.3) is 0 Å². The van der Waals surface area contributed by atoms with Crippen molar-refractivity contribution in [1.29, 1.82) is 5.26 Å². The van der Waals surface area contributed by atoms with Crippen molar-refractivity contribution in [2.24, 2.45) is 5.41 Å². The molecule has 1 fully saturated rings. The zero-order valence-corrected chi connectivity index (χ0v) is 9.05. The van der Waals surface area contributed by atoms with Gasteiger partial charge < -0.3 is 4.90 Å². The van der Waals surface area contributed by atoms with Crippen LogP contribution in [0.2, 0.25) is 0 Å². The Morgan fingerprint density at radius 2 is 2.14 bits per heavy atom. The van der Waals surface area contributed by atoms with Crippen LogP contribution in [0, 0.1) is 16.7 Å². The monoisotopic (exact) mass is 194 g/mol. The van der Waals surface area contributed by atoms with Crippen molar-refractivity contribution in [2.75, 3.05) is 13.1 Å². The molecule has 0 aromatic heterocycles. The van der Waals surface area contributed by atoms with Crippen LogP contribution in [-0.2, 0) is 4.79 Å². The van der Waals surface area contributed by atoms with E-state index in [1.165, 1.54) is 0 Å². The van der Waals surface area contributed by atoms with Gasteiger partial charge in [0, 0.05) is 13.1 Å². The fourth-order valence-corrected chi connectivity index (χ4v) is 1.55. The molecule has 0 spiro atoms. The third-order valence-corrected chi connectivity index (χ3v) is 2.82. The second kappa shape index (κ2) is 4.45. The maximum atomic E-state index is 11.9. The summed E-state index contributed by atoms with van der Waals surface area (Å²) in [5.74, 6) is 0.0518. The number of unbranched alkanes of at least 4 members (excludes halogenated alkanes) is 1. The van der Waals surface area contributed by atoms with Gasteiger partial charge in [-0.25, -0.2) is 0 Å². The molecule has 78 valence electrons. The maximum absolute atomic E-state index is 11.9. The van der Waals surface area contributed by atoms with E-state index in [0.717, 1.165) is 38.8 Å². The summed E-state index contributed by atoms with van der Waals surface area (Å²) in [6.45, 7) is 5.61. The fourth-order valence-electron chi connectivity index (χ4n) is 1.55. The van der Waals surface area contributed by atoms with Crippen molar-refractivity contribution in [3.63, 3.8) is 0 Å². The van der Waals surface area contributed by atoms with Crippen LogP contribution >= 0.6 is 0 Å². The Morgan fingerprint density at radius 1 is 1.50 bits per heavy atom. The highest BCUT2D eigenvalue weighted by atomic mass is 16.2. The van der Waals surface area contributed by atoms with Crippen molar-refractivity contribution in [1.82, 2.24) is 4.90 Å². The molecular formula is C11H18N2O. The number of carbonyl (C=O) groups excluding carboxylic acids is 1. The summed E-state index contributed by atoms with van der Waals surface area (Å²) in [4.78, 5) is 13.7. The largest absolute Gasteiger partial charge is 0.342 e. The predicted molar refractivity (Wildman–Crippen MR) is 54.4 cm³/mol. The molecule has 0 radical (unpaired) electrons. The highest BCUT2D eigenvalue weighted by Crippen LogP contribution is 2.46. The van der Waals surface area contributed by atoms with Crippen LogP contribution < -0.4 is 0 Å². The Kier molecular flexibility index (Phi) is 3.51. The molecule has 1 aliphatic carbocycles. The summed E-state index contributed by atoms with van der Waals surface area (Å²) < 4.78 is 0. The molecule has 0 saturated heterocycles. The number of hydrogen-bond acceptors (Lipinski definition) is 2. The third-order valence-electron chi connectivity index (χ3n) is 2.82. The van der Waals surface area contributed by atoms with Crippen molar-refractivity contribution in [2.45, 2.75) is 39.5 Å². The number of nitrogens with zero attached hydrogens (tertiary/aromatic N) is 2. The lowest BCUT2D eigenvalue weighted by Crippen LogP contribution is -2.37. The quantitative estimate of drug-likeness (QED) is 0.671. The average molecular weight is 194 g/mol. The second-order valence-electron chi connectivity index (χ2n) is 3.93. The summed E-state index contributed by atoms with van der Waals surface area (Å²) in [5, 5.41) is 8.90. The lowest BCUT2D eigenvalue weighted by atomic mass is 10.1. The highest BCUT2D eigenvalue weighted by molar-refractivity contribution is 5.88. The van der Waals surface area contributed by atoms with Crippen LogP contribution in [0.1, 0.15) is 39.5 Å². The number of carbonyl (C=O) groups is 1. The van der Waals surface area contributed by atoms with Crippen molar-refractivity contribution >= 4 is 5.91 Å². The van der Waals surface area contributed by atoms with E-state index in [1.807, 2.05) is 11.8 Å². The van der Waals surface area contributed by atoms with Gasteiger partial charge in [0.2, 0.25) is 5.91 Å². The number of hydrogen-bond donors (Lipinski definition) is 0. The van der Waals surface area contributed by atoms with Gasteiger partial charge in [-0.05, 0) is 26.2 Å². The molecule has 14 heavy (non-hydrogen) atoms. The molecule has 0 aliphatic heterocycles. The SMILES string of the molecule is CCCCN(CC)C(=O)C1(C#N)CC1. The number of nitriles is 1. The third kappa shape index (κ3) is 2.06. The molecule has 1 rings (SSSR count). The molecule has 0 N–H and O–H groups in total. The molecule has 1 amide bonds. The summed E-state index contributed by atoms with van der Waals surface area (Å²) in [6.07, 6.45) is 3.63. The molecule has 3 nitrogen and oxygen atoms in total. The first kappa shape index (κ1) is 11.0. The van der Waals surface area contributed by atoms with Crippen molar-refractivity contribution in [3.8, 4) is 6.07 Å². The van der Waals surface area contributed by atoms with Crippen molar-refractivity contribution in [3.05, 3.63) is 0 Å². The minimum absolute atomic E-state index is 0.0518. The zero-order valence-electron chi connectivity index (χ0n) is 9.05. The van der Waals surface area contributed by atoms with E-state index in [-0.39, 0.29) is 5.91 Å². The van der Waals surface area contributed by atoms with Gasteiger partial charge >= 0.3 is 0 Å². The minimum Gasteiger partial charge on any atom is -0.342 e. The molecule has 3 heteroatoms. The second-order valence-corrected chi connectivity index (χ2v) is 3.93. The van der Waals surface area contributed by atoms with Crippen LogP contribution in [0.15, 0.2) is 0 Å². The van der Waals surface area contributed by atoms with Gasteiger partial charge in [-0.15, -0.1) is 0 Å². The minimum atomic E-state index is -0.635. The van der Waals surface area contributed by atoms with Gasteiger partial charge in [-0.1, -0.05) is 13.3 Å². The Bertz CT molecular complexity index is 251. The van der Waals surface area contributed by atoms with E-state index < -0.39 is 5.41 Å². The molecule has 1 aliphatic rings. The lowest BCUT2D eigenvalue weighted by molar-refractivity contribution is -0.134. The fraction of sp³-hybridized carbons (Fsp3) is 0.818. The van der Waals surface area contributed by atoms with E-state index in [4.69, 9.17) is 5.26 Å². The number of amides is 1. The summed E-state index contributed by atoms with van der Waals surface area (Å²) in [5.41, 5.74) is -0.635. The topological polar surface area (TPSA) is 44.1 Å². The van der Waals surface area contributed by atoms with Crippen molar-refractivity contribution < 1.29 is 4.79 Å². The Labute approximate surface area is 85.7 Å². The van der Waals surface area contributed by atoms with Crippen LogP contribution in [-0.4, -0.2) is 23.9 Å². The first-order valence-corrected chi connectivity index (χ1v) is 5.41. The summed E-state index contributed by atoms with van der Waals surface area (Å²) in [6, 6.07) is 2.15. The molecule has 0 bridgehead atoms. The molecule has 0 heterocycles.